The predicted molar refractivity (Wildman–Crippen MR) is 114 cm³/mol. The lowest BCUT2D eigenvalue weighted by atomic mass is 9.47. The Balaban J connectivity index is 1.54. The fourth-order valence-corrected chi connectivity index (χ4v) is 7.12. The van der Waals surface area contributed by atoms with E-state index in [4.69, 9.17) is 4.74 Å². The highest BCUT2D eigenvalue weighted by atomic mass is 16.5. The fraction of sp³-hybridized carbons (Fsp3) is 0.750. The summed E-state index contributed by atoms with van der Waals surface area (Å²) in [6.07, 6.45) is 11.8. The minimum absolute atomic E-state index is 0.126. The number of aliphatic hydroxyl groups excluding tert-OH is 1. The second-order valence-corrected chi connectivity index (χ2v) is 10.00. The van der Waals surface area contributed by atoms with Gasteiger partial charge in [0.05, 0.1) is 18.4 Å². The minimum Gasteiger partial charge on any atom is -0.449 e. The smallest absolute Gasteiger partial charge is 0.427 e. The van der Waals surface area contributed by atoms with Crippen LogP contribution in [0.3, 0.4) is 0 Å². The quantitative estimate of drug-likeness (QED) is 0.399. The number of nitrogens with one attached hydrogen (secondary N) is 1. The largest absolute Gasteiger partial charge is 0.449 e. The van der Waals surface area contributed by atoms with Crippen molar-refractivity contribution in [3.8, 4) is 0 Å². The van der Waals surface area contributed by atoms with Gasteiger partial charge in [0, 0.05) is 0 Å². The lowest BCUT2D eigenvalue weighted by Crippen LogP contribution is -2.50. The van der Waals surface area contributed by atoms with E-state index < -0.39 is 6.09 Å². The molecule has 2 saturated carbocycles. The van der Waals surface area contributed by atoms with Crippen molar-refractivity contribution in [1.29, 1.82) is 0 Å². The Kier molecular flexibility index (Phi) is 5.39. The van der Waals surface area contributed by atoms with Gasteiger partial charge in [-0.3, -0.25) is 0 Å². The Morgan fingerprint density at radius 3 is 2.72 bits per heavy atom. The molecule has 0 aromatic rings. The topological polar surface area (TPSA) is 70.9 Å². The summed E-state index contributed by atoms with van der Waals surface area (Å²) in [4.78, 5) is 11.6. The van der Waals surface area contributed by atoms with Gasteiger partial charge in [-0.2, -0.15) is 5.10 Å². The van der Waals surface area contributed by atoms with Crippen molar-refractivity contribution < 1.29 is 14.6 Å². The summed E-state index contributed by atoms with van der Waals surface area (Å²) in [6, 6.07) is 0. The average molecular weight is 401 g/mol. The minimum atomic E-state index is -0.492. The van der Waals surface area contributed by atoms with Crippen LogP contribution in [0.5, 0.6) is 0 Å². The van der Waals surface area contributed by atoms with E-state index in [-0.39, 0.29) is 16.9 Å². The van der Waals surface area contributed by atoms with Crippen LogP contribution in [-0.4, -0.2) is 29.6 Å². The van der Waals surface area contributed by atoms with Crippen molar-refractivity contribution in [2.75, 3.05) is 6.61 Å². The molecule has 4 aliphatic carbocycles. The molecule has 0 radical (unpaired) electrons. The number of nitrogens with zero attached hydrogens (tertiary/aromatic N) is 1. The van der Waals surface area contributed by atoms with Gasteiger partial charge in [-0.15, -0.1) is 0 Å². The first-order valence-corrected chi connectivity index (χ1v) is 11.3. The molecule has 0 spiro atoms. The van der Waals surface area contributed by atoms with Crippen molar-refractivity contribution in [2.45, 2.75) is 78.7 Å². The van der Waals surface area contributed by atoms with Crippen LogP contribution in [0.25, 0.3) is 0 Å². The maximum Gasteiger partial charge on any atom is 0.427 e. The zero-order chi connectivity index (χ0) is 20.8. The molecule has 5 heteroatoms. The van der Waals surface area contributed by atoms with Gasteiger partial charge in [-0.05, 0) is 93.0 Å². The summed E-state index contributed by atoms with van der Waals surface area (Å²) >= 11 is 0. The molecular formula is C24H36N2O3. The third-order valence-electron chi connectivity index (χ3n) is 8.64. The van der Waals surface area contributed by atoms with Gasteiger partial charge in [0.25, 0.3) is 0 Å². The molecule has 0 aromatic heterocycles. The number of carbonyl (C=O) groups excluding carboxylic acids is 1. The number of allylic oxidation sites excluding steroid dienone is 3. The van der Waals surface area contributed by atoms with E-state index >= 15 is 0 Å². The number of hydrogen-bond acceptors (Lipinski definition) is 4. The number of amides is 1. The summed E-state index contributed by atoms with van der Waals surface area (Å²) in [5.74, 6) is 2.04. The van der Waals surface area contributed by atoms with Crippen LogP contribution in [0.1, 0.15) is 72.6 Å². The Morgan fingerprint density at radius 1 is 1.21 bits per heavy atom. The van der Waals surface area contributed by atoms with Crippen LogP contribution in [0.15, 0.2) is 28.4 Å². The van der Waals surface area contributed by atoms with Gasteiger partial charge in [0.2, 0.25) is 0 Å². The molecule has 0 aromatic carbocycles. The molecule has 6 atom stereocenters. The molecule has 160 valence electrons. The first-order chi connectivity index (χ1) is 13.8. The molecule has 29 heavy (non-hydrogen) atoms. The SMILES string of the molecule is CCOC(=O)N/N=C(\C)C1=CC[C@@H]2[C@@H]3CC=C4C[C@@H](O)CC[C@]4(C)[C@@H]3CC[C@]12C. The number of carbonyl (C=O) groups is 1. The Hall–Kier alpha value is -1.62. The predicted octanol–water partition coefficient (Wildman–Crippen LogP) is 4.97. The van der Waals surface area contributed by atoms with Crippen molar-refractivity contribution >= 4 is 11.8 Å². The third kappa shape index (κ3) is 3.35. The van der Waals surface area contributed by atoms with E-state index in [1.54, 1.807) is 6.92 Å². The van der Waals surface area contributed by atoms with Gasteiger partial charge in [0.15, 0.2) is 0 Å². The van der Waals surface area contributed by atoms with E-state index in [9.17, 15) is 9.90 Å². The molecule has 0 heterocycles. The fourth-order valence-electron chi connectivity index (χ4n) is 7.12. The number of hydrazone groups is 1. The van der Waals surface area contributed by atoms with E-state index in [1.807, 2.05) is 6.92 Å². The standard InChI is InChI=1S/C24H36N2O3/c1-5-29-22(28)26-25-15(2)19-8-9-20-18-7-6-16-14-17(27)10-12-23(16,3)21(18)11-13-24(19,20)4/h6,8,17-18,20-21,27H,5,7,9-14H2,1-4H3,(H,26,28)/b25-15+/t17-,18-,20+,21+,23-,24+/m0/s1. The van der Waals surface area contributed by atoms with E-state index in [2.05, 4.69) is 36.5 Å². The van der Waals surface area contributed by atoms with Gasteiger partial charge in [-0.25, -0.2) is 10.2 Å². The maximum atomic E-state index is 11.6. The number of hydrogen-bond donors (Lipinski definition) is 2. The van der Waals surface area contributed by atoms with Crippen LogP contribution in [0, 0.1) is 28.6 Å². The van der Waals surface area contributed by atoms with Crippen LogP contribution in [0.2, 0.25) is 0 Å². The van der Waals surface area contributed by atoms with Crippen LogP contribution in [0.4, 0.5) is 4.79 Å². The molecule has 0 unspecified atom stereocenters. The van der Waals surface area contributed by atoms with Gasteiger partial charge >= 0.3 is 6.09 Å². The van der Waals surface area contributed by atoms with E-state index in [1.165, 1.54) is 24.0 Å². The average Bonchev–Trinajstić information content (AvgIpc) is 3.04. The zero-order valence-corrected chi connectivity index (χ0v) is 18.3. The number of fused-ring (bicyclic) bond motifs is 5. The van der Waals surface area contributed by atoms with Crippen molar-refractivity contribution in [2.24, 2.45) is 33.7 Å². The highest BCUT2D eigenvalue weighted by Crippen LogP contribution is 2.65. The number of aliphatic hydroxyl groups is 1. The molecule has 4 rings (SSSR count). The van der Waals surface area contributed by atoms with Gasteiger partial charge in [0.1, 0.15) is 0 Å². The molecule has 1 amide bonds. The summed E-state index contributed by atoms with van der Waals surface area (Å²) < 4.78 is 4.93. The first-order valence-electron chi connectivity index (χ1n) is 11.3. The molecule has 2 N–H and O–H groups in total. The number of ether oxygens (including phenoxy) is 1. The lowest BCUT2D eigenvalue weighted by Gasteiger charge is -2.57. The molecule has 0 saturated heterocycles. The van der Waals surface area contributed by atoms with Crippen LogP contribution < -0.4 is 5.43 Å². The second-order valence-electron chi connectivity index (χ2n) is 10.00. The summed E-state index contributed by atoms with van der Waals surface area (Å²) in [5, 5.41) is 14.5. The highest BCUT2D eigenvalue weighted by Gasteiger charge is 2.56. The van der Waals surface area contributed by atoms with Gasteiger partial charge in [-0.1, -0.05) is 31.6 Å². The van der Waals surface area contributed by atoms with Crippen LogP contribution >= 0.6 is 0 Å². The molecule has 0 bridgehead atoms. The molecule has 0 aliphatic heterocycles. The first kappa shape index (κ1) is 20.6. The highest BCUT2D eigenvalue weighted by molar-refractivity contribution is 6.00. The Labute approximate surface area is 174 Å². The Bertz CT molecular complexity index is 770. The van der Waals surface area contributed by atoms with Crippen molar-refractivity contribution in [3.63, 3.8) is 0 Å². The molecule has 2 fully saturated rings. The third-order valence-corrected chi connectivity index (χ3v) is 8.64. The molecule has 4 aliphatic rings. The summed E-state index contributed by atoms with van der Waals surface area (Å²) in [7, 11) is 0. The van der Waals surface area contributed by atoms with Crippen LogP contribution in [-0.2, 0) is 4.74 Å². The van der Waals surface area contributed by atoms with Crippen molar-refractivity contribution in [1.82, 2.24) is 5.43 Å². The van der Waals surface area contributed by atoms with E-state index in [0.29, 0.717) is 18.4 Å². The van der Waals surface area contributed by atoms with Crippen molar-refractivity contribution in [3.05, 3.63) is 23.3 Å². The zero-order valence-electron chi connectivity index (χ0n) is 18.3. The number of rotatable bonds is 3. The summed E-state index contributed by atoms with van der Waals surface area (Å²) in [5.41, 5.74) is 6.64. The summed E-state index contributed by atoms with van der Waals surface area (Å²) in [6.45, 7) is 9.00. The van der Waals surface area contributed by atoms with Gasteiger partial charge < -0.3 is 9.84 Å². The monoisotopic (exact) mass is 400 g/mol. The normalized spacial score (nSPS) is 41.5. The van der Waals surface area contributed by atoms with E-state index in [0.717, 1.165) is 43.7 Å². The molecular weight excluding hydrogens is 364 g/mol. The lowest BCUT2D eigenvalue weighted by molar-refractivity contribution is -0.0279. The molecule has 5 nitrogen and oxygen atoms in total. The maximum absolute atomic E-state index is 11.6. The second kappa shape index (κ2) is 7.57. The Morgan fingerprint density at radius 2 is 1.97 bits per heavy atom.